The zero-order valence-electron chi connectivity index (χ0n) is 9.04. The van der Waals surface area contributed by atoms with Crippen molar-refractivity contribution >= 4 is 23.1 Å². The molecule has 2 aromatic rings. The van der Waals surface area contributed by atoms with Gasteiger partial charge in [-0.2, -0.15) is 4.98 Å². The molecule has 0 amide bonds. The van der Waals surface area contributed by atoms with Crippen molar-refractivity contribution in [1.82, 2.24) is 15.1 Å². The van der Waals surface area contributed by atoms with E-state index in [4.69, 9.17) is 16.1 Å². The summed E-state index contributed by atoms with van der Waals surface area (Å²) in [5.74, 6) is 0.799. The van der Waals surface area contributed by atoms with E-state index in [9.17, 15) is 10.1 Å². The van der Waals surface area contributed by atoms with Crippen molar-refractivity contribution in [2.75, 3.05) is 11.9 Å². The molecule has 0 aliphatic rings. The Balaban J connectivity index is 1.98. The van der Waals surface area contributed by atoms with E-state index in [-0.39, 0.29) is 10.8 Å². The Morgan fingerprint density at radius 1 is 1.50 bits per heavy atom. The van der Waals surface area contributed by atoms with Gasteiger partial charge in [0.05, 0.1) is 17.1 Å². The van der Waals surface area contributed by atoms with Crippen LogP contribution in [0.5, 0.6) is 0 Å². The first kappa shape index (κ1) is 12.2. The van der Waals surface area contributed by atoms with E-state index in [1.165, 1.54) is 18.5 Å². The molecular weight excluding hydrogens is 262 g/mol. The Morgan fingerprint density at radius 2 is 2.33 bits per heavy atom. The molecule has 0 atom stereocenters. The Bertz CT molecular complexity index is 545. The molecule has 0 saturated carbocycles. The minimum Gasteiger partial charge on any atom is -0.369 e. The Morgan fingerprint density at radius 3 is 3.00 bits per heavy atom. The fourth-order valence-electron chi connectivity index (χ4n) is 1.28. The van der Waals surface area contributed by atoms with Gasteiger partial charge in [0.1, 0.15) is 11.0 Å². The Kier molecular flexibility index (Phi) is 3.68. The quantitative estimate of drug-likeness (QED) is 0.500. The van der Waals surface area contributed by atoms with Crippen LogP contribution in [-0.4, -0.2) is 26.6 Å². The number of anilines is 1. The normalized spacial score (nSPS) is 10.3. The third-order valence-electron chi connectivity index (χ3n) is 2.04. The second-order valence-corrected chi connectivity index (χ2v) is 3.69. The minimum atomic E-state index is -0.531. The molecule has 0 radical (unpaired) electrons. The van der Waals surface area contributed by atoms with E-state index in [0.717, 1.165) is 0 Å². The number of nitro groups is 1. The van der Waals surface area contributed by atoms with Crippen LogP contribution in [0, 0.1) is 10.1 Å². The number of halogens is 1. The molecule has 9 heteroatoms. The number of rotatable bonds is 5. The zero-order valence-corrected chi connectivity index (χ0v) is 9.79. The smallest absolute Gasteiger partial charge is 0.276 e. The van der Waals surface area contributed by atoms with E-state index in [1.807, 2.05) is 0 Å². The summed E-state index contributed by atoms with van der Waals surface area (Å²) >= 11 is 5.68. The molecular formula is C9H8ClN5O3. The second kappa shape index (κ2) is 5.41. The van der Waals surface area contributed by atoms with Gasteiger partial charge >= 0.3 is 0 Å². The lowest BCUT2D eigenvalue weighted by atomic mass is 10.3. The fourth-order valence-corrected chi connectivity index (χ4v) is 1.49. The standard InChI is InChI=1S/C9H8ClN5O3/c10-7-3-6(15(16)17)4-8(14-7)11-2-1-9-12-5-13-18-9/h3-5H,1-2H2,(H,11,14). The highest BCUT2D eigenvalue weighted by molar-refractivity contribution is 6.29. The highest BCUT2D eigenvalue weighted by Crippen LogP contribution is 2.20. The molecule has 2 rings (SSSR count). The lowest BCUT2D eigenvalue weighted by molar-refractivity contribution is -0.384. The lowest BCUT2D eigenvalue weighted by Crippen LogP contribution is -2.07. The van der Waals surface area contributed by atoms with E-state index in [1.54, 1.807) is 0 Å². The number of pyridine rings is 1. The molecule has 0 fully saturated rings. The van der Waals surface area contributed by atoms with E-state index < -0.39 is 4.92 Å². The number of aromatic nitrogens is 3. The molecule has 0 saturated heterocycles. The third-order valence-corrected chi connectivity index (χ3v) is 2.24. The maximum absolute atomic E-state index is 10.6. The average molecular weight is 270 g/mol. The van der Waals surface area contributed by atoms with Crippen molar-refractivity contribution in [3.8, 4) is 0 Å². The Labute approximate surface area is 106 Å². The van der Waals surface area contributed by atoms with Crippen LogP contribution in [0.15, 0.2) is 23.0 Å². The number of nitrogens with zero attached hydrogens (tertiary/aromatic N) is 4. The highest BCUT2D eigenvalue weighted by atomic mass is 35.5. The van der Waals surface area contributed by atoms with Crippen molar-refractivity contribution in [1.29, 1.82) is 0 Å². The molecule has 0 aromatic carbocycles. The first-order valence-corrected chi connectivity index (χ1v) is 5.34. The highest BCUT2D eigenvalue weighted by Gasteiger charge is 2.10. The van der Waals surface area contributed by atoms with Gasteiger partial charge in [0.15, 0.2) is 6.33 Å². The first-order valence-electron chi connectivity index (χ1n) is 4.96. The van der Waals surface area contributed by atoms with Crippen molar-refractivity contribution in [3.63, 3.8) is 0 Å². The minimum absolute atomic E-state index is 0.0597. The first-order chi connectivity index (χ1) is 8.65. The van der Waals surface area contributed by atoms with Crippen LogP contribution >= 0.6 is 11.6 Å². The van der Waals surface area contributed by atoms with Gasteiger partial charge in [-0.15, -0.1) is 0 Å². The molecule has 94 valence electrons. The van der Waals surface area contributed by atoms with E-state index in [2.05, 4.69) is 20.4 Å². The van der Waals surface area contributed by atoms with Gasteiger partial charge in [-0.3, -0.25) is 10.1 Å². The van der Waals surface area contributed by atoms with E-state index >= 15 is 0 Å². The summed E-state index contributed by atoms with van der Waals surface area (Å²) in [5, 5.41) is 17.0. The van der Waals surface area contributed by atoms with Crippen LogP contribution in [0.4, 0.5) is 11.5 Å². The van der Waals surface area contributed by atoms with E-state index in [0.29, 0.717) is 24.7 Å². The number of hydrogen-bond acceptors (Lipinski definition) is 7. The van der Waals surface area contributed by atoms with Crippen LogP contribution in [0.1, 0.15) is 5.89 Å². The Hall–Kier alpha value is -2.22. The maximum Gasteiger partial charge on any atom is 0.276 e. The van der Waals surface area contributed by atoms with Gasteiger partial charge < -0.3 is 9.84 Å². The predicted molar refractivity (Wildman–Crippen MR) is 62.4 cm³/mol. The van der Waals surface area contributed by atoms with Crippen molar-refractivity contribution in [2.45, 2.75) is 6.42 Å². The fraction of sp³-hybridized carbons (Fsp3) is 0.222. The molecule has 0 spiro atoms. The summed E-state index contributed by atoms with van der Waals surface area (Å²) < 4.78 is 4.80. The molecule has 8 nitrogen and oxygen atoms in total. The van der Waals surface area contributed by atoms with Gasteiger partial charge in [-0.05, 0) is 0 Å². The van der Waals surface area contributed by atoms with Crippen LogP contribution in [0.2, 0.25) is 5.15 Å². The molecule has 2 heterocycles. The van der Waals surface area contributed by atoms with Crippen LogP contribution in [-0.2, 0) is 6.42 Å². The summed E-state index contributed by atoms with van der Waals surface area (Å²) in [7, 11) is 0. The maximum atomic E-state index is 10.6. The van der Waals surface area contributed by atoms with Gasteiger partial charge in [0.2, 0.25) is 5.89 Å². The van der Waals surface area contributed by atoms with Crippen molar-refractivity contribution in [3.05, 3.63) is 39.6 Å². The lowest BCUT2D eigenvalue weighted by Gasteiger charge is -2.03. The van der Waals surface area contributed by atoms with Crippen LogP contribution < -0.4 is 5.32 Å². The summed E-state index contributed by atoms with van der Waals surface area (Å²) in [5.41, 5.74) is -0.115. The summed E-state index contributed by atoms with van der Waals surface area (Å²) in [6, 6.07) is 2.49. The molecule has 0 bridgehead atoms. The average Bonchev–Trinajstić information content (AvgIpc) is 2.81. The molecule has 18 heavy (non-hydrogen) atoms. The SMILES string of the molecule is O=[N+]([O-])c1cc(Cl)nc(NCCc2ncno2)c1. The van der Waals surface area contributed by atoms with Gasteiger partial charge in [-0.25, -0.2) is 4.98 Å². The largest absolute Gasteiger partial charge is 0.369 e. The summed E-state index contributed by atoms with van der Waals surface area (Å²) in [6.07, 6.45) is 1.79. The van der Waals surface area contributed by atoms with Gasteiger partial charge in [0.25, 0.3) is 5.69 Å². The molecule has 0 aliphatic carbocycles. The van der Waals surface area contributed by atoms with Crippen LogP contribution in [0.25, 0.3) is 0 Å². The topological polar surface area (TPSA) is 107 Å². The number of nitrogens with one attached hydrogen (secondary N) is 1. The van der Waals surface area contributed by atoms with Crippen molar-refractivity contribution < 1.29 is 9.45 Å². The summed E-state index contributed by atoms with van der Waals surface area (Å²) in [6.45, 7) is 0.451. The third kappa shape index (κ3) is 3.14. The van der Waals surface area contributed by atoms with Crippen LogP contribution in [0.3, 0.4) is 0 Å². The zero-order chi connectivity index (χ0) is 13.0. The molecule has 0 unspecified atom stereocenters. The van der Waals surface area contributed by atoms with Gasteiger partial charge in [0, 0.05) is 13.0 Å². The molecule has 2 aromatic heterocycles. The summed E-state index contributed by atoms with van der Waals surface area (Å²) in [4.78, 5) is 17.8. The van der Waals surface area contributed by atoms with Crippen molar-refractivity contribution in [2.24, 2.45) is 0 Å². The monoisotopic (exact) mass is 269 g/mol. The second-order valence-electron chi connectivity index (χ2n) is 3.30. The molecule has 0 aliphatic heterocycles. The molecule has 1 N–H and O–H groups in total. The number of hydrogen-bond donors (Lipinski definition) is 1. The predicted octanol–water partition coefficient (Wildman–Crippen LogP) is 1.68. The van der Waals surface area contributed by atoms with Gasteiger partial charge in [-0.1, -0.05) is 16.8 Å².